The van der Waals surface area contributed by atoms with Gasteiger partial charge in [-0.15, -0.1) is 0 Å². The molecule has 2 aromatic carbocycles. The predicted molar refractivity (Wildman–Crippen MR) is 127 cm³/mol. The minimum absolute atomic E-state index is 0.0163. The molecule has 0 aliphatic carbocycles. The fourth-order valence-electron chi connectivity index (χ4n) is 4.30. The number of hydrogen-bond acceptors (Lipinski definition) is 7. The predicted octanol–water partition coefficient (Wildman–Crippen LogP) is 2.65. The molecule has 0 spiro atoms. The third-order valence-electron chi connectivity index (χ3n) is 6.08. The Balaban J connectivity index is 1.47. The maximum atomic E-state index is 13.2. The number of carbonyl (C=O) groups excluding carboxylic acids is 2. The second-order valence-corrected chi connectivity index (χ2v) is 8.26. The molecular formula is C26H28N4O4. The van der Waals surface area contributed by atoms with E-state index in [2.05, 4.69) is 20.6 Å². The van der Waals surface area contributed by atoms with Crippen LogP contribution >= 0.6 is 0 Å². The third-order valence-corrected chi connectivity index (χ3v) is 6.08. The summed E-state index contributed by atoms with van der Waals surface area (Å²) in [6.45, 7) is 0.818. The summed E-state index contributed by atoms with van der Waals surface area (Å²) in [5.74, 6) is -1.05. The summed E-state index contributed by atoms with van der Waals surface area (Å²) in [5.41, 5.74) is -1.12. The van der Waals surface area contributed by atoms with Gasteiger partial charge in [0.15, 0.2) is 5.82 Å². The van der Waals surface area contributed by atoms with Crippen molar-refractivity contribution in [2.24, 2.45) is 5.92 Å². The molecule has 0 radical (unpaired) electrons. The van der Waals surface area contributed by atoms with E-state index in [1.165, 1.54) is 18.6 Å². The lowest BCUT2D eigenvalue weighted by atomic mass is 9.86. The summed E-state index contributed by atoms with van der Waals surface area (Å²) >= 11 is 0. The van der Waals surface area contributed by atoms with Crippen molar-refractivity contribution >= 4 is 17.7 Å². The molecule has 0 saturated carbocycles. The van der Waals surface area contributed by atoms with E-state index in [1.807, 2.05) is 12.1 Å². The van der Waals surface area contributed by atoms with E-state index in [-0.39, 0.29) is 18.6 Å². The zero-order valence-corrected chi connectivity index (χ0v) is 18.8. The summed E-state index contributed by atoms with van der Waals surface area (Å²) in [6, 6.07) is 17.4. The molecule has 4 rings (SSSR count). The van der Waals surface area contributed by atoms with E-state index >= 15 is 0 Å². The van der Waals surface area contributed by atoms with Crippen LogP contribution in [0.15, 0.2) is 79.3 Å². The van der Waals surface area contributed by atoms with Gasteiger partial charge in [-0.3, -0.25) is 9.78 Å². The maximum Gasteiger partial charge on any atom is 0.347 e. The van der Waals surface area contributed by atoms with Crippen molar-refractivity contribution in [2.45, 2.75) is 30.9 Å². The molecule has 1 aromatic heterocycles. The van der Waals surface area contributed by atoms with Gasteiger partial charge < -0.3 is 20.5 Å². The molecule has 1 saturated heterocycles. The van der Waals surface area contributed by atoms with Gasteiger partial charge in [-0.05, 0) is 36.9 Å². The van der Waals surface area contributed by atoms with E-state index in [1.54, 1.807) is 48.5 Å². The van der Waals surface area contributed by atoms with Crippen molar-refractivity contribution in [3.8, 4) is 0 Å². The van der Waals surface area contributed by atoms with Crippen molar-refractivity contribution in [2.75, 3.05) is 18.5 Å². The van der Waals surface area contributed by atoms with Crippen LogP contribution in [0, 0.1) is 5.92 Å². The Morgan fingerprint density at radius 1 is 1.09 bits per heavy atom. The normalized spacial score (nSPS) is 16.6. The molecule has 1 aliphatic heterocycles. The Bertz CT molecular complexity index is 1030. The molecular weight excluding hydrogens is 432 g/mol. The molecule has 1 aliphatic rings. The summed E-state index contributed by atoms with van der Waals surface area (Å²) in [6.07, 6.45) is 6.65. The van der Waals surface area contributed by atoms with Crippen molar-refractivity contribution in [3.63, 3.8) is 0 Å². The smallest absolute Gasteiger partial charge is 0.347 e. The number of amides is 1. The van der Waals surface area contributed by atoms with E-state index in [4.69, 9.17) is 4.74 Å². The van der Waals surface area contributed by atoms with Gasteiger partial charge >= 0.3 is 5.97 Å². The first-order chi connectivity index (χ1) is 16.6. The SMILES string of the molecule is O=C(Nc1cnccn1)C(CCOC(=O)C(O)(c1ccccc1)c1ccccc1)[C@H]1CCCN1. The lowest BCUT2D eigenvalue weighted by molar-refractivity contribution is -0.163. The molecule has 1 fully saturated rings. The standard InChI is InChI=1S/C26H28N4O4/c31-24(30-23-18-27-15-16-29-23)21(22-12-7-14-28-22)13-17-34-25(32)26(33,19-8-3-1-4-9-19)20-10-5-2-6-11-20/h1-6,8-11,15-16,18,21-22,28,33H,7,12-14,17H2,(H,29,30,31)/t21?,22-/m1/s1. The molecule has 0 bridgehead atoms. The van der Waals surface area contributed by atoms with Crippen LogP contribution in [-0.2, 0) is 19.9 Å². The first-order valence-corrected chi connectivity index (χ1v) is 11.4. The zero-order chi connectivity index (χ0) is 23.8. The quantitative estimate of drug-likeness (QED) is 0.421. The molecule has 1 unspecified atom stereocenters. The van der Waals surface area contributed by atoms with Gasteiger partial charge in [0.1, 0.15) is 0 Å². The van der Waals surface area contributed by atoms with Crippen LogP contribution < -0.4 is 10.6 Å². The fraction of sp³-hybridized carbons (Fsp3) is 0.308. The number of nitrogens with zero attached hydrogens (tertiary/aromatic N) is 2. The zero-order valence-electron chi connectivity index (χ0n) is 18.8. The largest absolute Gasteiger partial charge is 0.463 e. The van der Waals surface area contributed by atoms with Crippen molar-refractivity contribution in [3.05, 3.63) is 90.4 Å². The van der Waals surface area contributed by atoms with Crippen molar-refractivity contribution < 1.29 is 19.4 Å². The number of nitrogens with one attached hydrogen (secondary N) is 2. The van der Waals surface area contributed by atoms with Crippen LogP contribution in [0.3, 0.4) is 0 Å². The van der Waals surface area contributed by atoms with Crippen molar-refractivity contribution in [1.29, 1.82) is 0 Å². The molecule has 1 amide bonds. The summed E-state index contributed by atoms with van der Waals surface area (Å²) in [5, 5.41) is 17.7. The number of aliphatic hydroxyl groups is 1. The molecule has 176 valence electrons. The van der Waals surface area contributed by atoms with E-state index in [0.29, 0.717) is 23.4 Å². The highest BCUT2D eigenvalue weighted by atomic mass is 16.5. The van der Waals surface area contributed by atoms with Gasteiger partial charge in [0.25, 0.3) is 0 Å². The number of benzene rings is 2. The van der Waals surface area contributed by atoms with Gasteiger partial charge in [0, 0.05) is 18.4 Å². The Kier molecular flexibility index (Phi) is 7.61. The van der Waals surface area contributed by atoms with Crippen LogP contribution in [0.2, 0.25) is 0 Å². The average molecular weight is 461 g/mol. The summed E-state index contributed by atoms with van der Waals surface area (Å²) < 4.78 is 5.58. The van der Waals surface area contributed by atoms with Gasteiger partial charge in [0.2, 0.25) is 11.5 Å². The average Bonchev–Trinajstić information content (AvgIpc) is 3.42. The van der Waals surface area contributed by atoms with Gasteiger partial charge in [-0.25, -0.2) is 9.78 Å². The lowest BCUT2D eigenvalue weighted by Gasteiger charge is -2.28. The minimum atomic E-state index is -1.95. The first kappa shape index (κ1) is 23.5. The van der Waals surface area contributed by atoms with Crippen LogP contribution in [0.5, 0.6) is 0 Å². The van der Waals surface area contributed by atoms with Gasteiger partial charge in [-0.2, -0.15) is 0 Å². The van der Waals surface area contributed by atoms with Crippen LogP contribution in [-0.4, -0.2) is 46.1 Å². The molecule has 2 atom stereocenters. The summed E-state index contributed by atoms with van der Waals surface area (Å²) in [7, 11) is 0. The number of hydrogen-bond donors (Lipinski definition) is 3. The third kappa shape index (κ3) is 5.30. The highest BCUT2D eigenvalue weighted by Gasteiger charge is 2.42. The highest BCUT2D eigenvalue weighted by Crippen LogP contribution is 2.31. The van der Waals surface area contributed by atoms with Gasteiger partial charge in [0.05, 0.1) is 18.7 Å². The Morgan fingerprint density at radius 2 is 1.76 bits per heavy atom. The number of anilines is 1. The molecule has 8 heteroatoms. The number of carbonyl (C=O) groups is 2. The maximum absolute atomic E-state index is 13.2. The molecule has 8 nitrogen and oxygen atoms in total. The van der Waals surface area contributed by atoms with Crippen LogP contribution in [0.25, 0.3) is 0 Å². The second kappa shape index (κ2) is 11.0. The molecule has 2 heterocycles. The Hall–Kier alpha value is -3.62. The van der Waals surface area contributed by atoms with Crippen LogP contribution in [0.1, 0.15) is 30.4 Å². The number of rotatable bonds is 9. The highest BCUT2D eigenvalue weighted by molar-refractivity contribution is 5.92. The summed E-state index contributed by atoms with van der Waals surface area (Å²) in [4.78, 5) is 34.3. The number of ether oxygens (including phenoxy) is 1. The Morgan fingerprint density at radius 3 is 2.32 bits per heavy atom. The fourth-order valence-corrected chi connectivity index (χ4v) is 4.30. The monoisotopic (exact) mass is 460 g/mol. The van der Waals surface area contributed by atoms with Crippen molar-refractivity contribution in [1.82, 2.24) is 15.3 Å². The molecule has 34 heavy (non-hydrogen) atoms. The van der Waals surface area contributed by atoms with E-state index < -0.39 is 17.5 Å². The second-order valence-electron chi connectivity index (χ2n) is 8.26. The lowest BCUT2D eigenvalue weighted by Crippen LogP contribution is -2.41. The number of esters is 1. The number of aromatic nitrogens is 2. The minimum Gasteiger partial charge on any atom is -0.463 e. The Labute approximate surface area is 198 Å². The van der Waals surface area contributed by atoms with E-state index in [9.17, 15) is 14.7 Å². The topological polar surface area (TPSA) is 113 Å². The van der Waals surface area contributed by atoms with Crippen LogP contribution in [0.4, 0.5) is 5.82 Å². The molecule has 3 N–H and O–H groups in total. The van der Waals surface area contributed by atoms with E-state index in [0.717, 1.165) is 19.4 Å². The molecule has 3 aromatic rings. The van der Waals surface area contributed by atoms with Gasteiger partial charge in [-0.1, -0.05) is 60.7 Å². The first-order valence-electron chi connectivity index (χ1n) is 11.4.